The van der Waals surface area contributed by atoms with E-state index in [0.29, 0.717) is 28.2 Å². The number of methoxy groups -OCH3 is 1. The first-order chi connectivity index (χ1) is 13.4. The van der Waals surface area contributed by atoms with Crippen molar-refractivity contribution in [1.82, 2.24) is 14.9 Å². The Morgan fingerprint density at radius 1 is 1.24 bits per heavy atom. The zero-order valence-electron chi connectivity index (χ0n) is 18.0. The lowest BCUT2D eigenvalue weighted by Crippen LogP contribution is -2.44. The molecule has 1 N–H and O–H groups in total. The SMILES string of the molecule is COC(=O)c1ccc2c(=O)n(CC(C)C)c(S[C@H](C)C(=O)NC(C)(C)C)nc2c1. The maximum absolute atomic E-state index is 13.1. The van der Waals surface area contributed by atoms with E-state index >= 15 is 0 Å². The monoisotopic (exact) mass is 419 g/mol. The summed E-state index contributed by atoms with van der Waals surface area (Å²) in [5, 5.41) is 3.38. The van der Waals surface area contributed by atoms with Gasteiger partial charge < -0.3 is 10.1 Å². The molecule has 7 nitrogen and oxygen atoms in total. The van der Waals surface area contributed by atoms with Gasteiger partial charge in [-0.1, -0.05) is 25.6 Å². The van der Waals surface area contributed by atoms with Crippen LogP contribution < -0.4 is 10.9 Å². The maximum Gasteiger partial charge on any atom is 0.337 e. The summed E-state index contributed by atoms with van der Waals surface area (Å²) >= 11 is 1.23. The number of benzene rings is 1. The van der Waals surface area contributed by atoms with Crippen LogP contribution in [0.25, 0.3) is 10.9 Å². The normalized spacial score (nSPS) is 12.8. The van der Waals surface area contributed by atoms with Crippen molar-refractivity contribution >= 4 is 34.5 Å². The van der Waals surface area contributed by atoms with Gasteiger partial charge in [0.05, 0.1) is 28.8 Å². The van der Waals surface area contributed by atoms with Crippen molar-refractivity contribution in [3.63, 3.8) is 0 Å². The molecule has 0 aliphatic carbocycles. The van der Waals surface area contributed by atoms with Gasteiger partial charge in [0, 0.05) is 12.1 Å². The molecule has 1 aromatic heterocycles. The first kappa shape index (κ1) is 22.9. The van der Waals surface area contributed by atoms with Crippen LogP contribution in [0.15, 0.2) is 28.2 Å². The van der Waals surface area contributed by atoms with Crippen molar-refractivity contribution in [1.29, 1.82) is 0 Å². The number of aromatic nitrogens is 2. The summed E-state index contributed by atoms with van der Waals surface area (Å²) in [6.07, 6.45) is 0. The summed E-state index contributed by atoms with van der Waals surface area (Å²) in [6, 6.07) is 4.70. The Kier molecular flexibility index (Phi) is 7.11. The van der Waals surface area contributed by atoms with Gasteiger partial charge >= 0.3 is 5.97 Å². The number of ether oxygens (including phenoxy) is 1. The highest BCUT2D eigenvalue weighted by molar-refractivity contribution is 8.00. The van der Waals surface area contributed by atoms with E-state index in [4.69, 9.17) is 4.74 Å². The minimum atomic E-state index is -0.493. The number of nitrogens with one attached hydrogen (secondary N) is 1. The Morgan fingerprint density at radius 2 is 1.90 bits per heavy atom. The zero-order chi connectivity index (χ0) is 21.9. The van der Waals surface area contributed by atoms with Gasteiger partial charge in [-0.3, -0.25) is 14.2 Å². The number of esters is 1. The van der Waals surface area contributed by atoms with Crippen molar-refractivity contribution in [2.24, 2.45) is 5.92 Å². The van der Waals surface area contributed by atoms with E-state index in [1.807, 2.05) is 34.6 Å². The van der Waals surface area contributed by atoms with Gasteiger partial charge in [-0.15, -0.1) is 0 Å². The second kappa shape index (κ2) is 8.98. The highest BCUT2D eigenvalue weighted by Gasteiger charge is 2.23. The third-order valence-electron chi connectivity index (χ3n) is 4.04. The van der Waals surface area contributed by atoms with Gasteiger partial charge in [0.25, 0.3) is 5.56 Å². The number of carbonyl (C=O) groups excluding carboxylic acids is 2. The molecule has 0 radical (unpaired) electrons. The molecular weight excluding hydrogens is 390 g/mol. The van der Waals surface area contributed by atoms with Gasteiger partial charge in [-0.2, -0.15) is 0 Å². The van der Waals surface area contributed by atoms with E-state index in [1.165, 1.54) is 18.9 Å². The van der Waals surface area contributed by atoms with Gasteiger partial charge in [0.1, 0.15) is 0 Å². The summed E-state index contributed by atoms with van der Waals surface area (Å²) in [4.78, 5) is 42.1. The number of amides is 1. The Balaban J connectivity index is 2.53. The van der Waals surface area contributed by atoms with Crippen molar-refractivity contribution in [3.05, 3.63) is 34.1 Å². The summed E-state index contributed by atoms with van der Waals surface area (Å²) in [7, 11) is 1.30. The highest BCUT2D eigenvalue weighted by Crippen LogP contribution is 2.24. The highest BCUT2D eigenvalue weighted by atomic mass is 32.2. The fraction of sp³-hybridized carbons (Fsp3) is 0.524. The molecule has 8 heteroatoms. The molecular formula is C21H29N3O4S. The molecule has 0 fully saturated rings. The van der Waals surface area contributed by atoms with E-state index < -0.39 is 11.2 Å². The summed E-state index contributed by atoms with van der Waals surface area (Å²) < 4.78 is 6.36. The van der Waals surface area contributed by atoms with Crippen LogP contribution in [0.2, 0.25) is 0 Å². The predicted octanol–water partition coefficient (Wildman–Crippen LogP) is 3.23. The zero-order valence-corrected chi connectivity index (χ0v) is 18.8. The molecule has 1 heterocycles. The van der Waals surface area contributed by atoms with Crippen LogP contribution in [-0.2, 0) is 16.1 Å². The van der Waals surface area contributed by atoms with Crippen molar-refractivity contribution < 1.29 is 14.3 Å². The fourth-order valence-electron chi connectivity index (χ4n) is 2.74. The number of nitrogens with zero attached hydrogens (tertiary/aromatic N) is 2. The summed E-state index contributed by atoms with van der Waals surface area (Å²) in [6.45, 7) is 12.0. The Morgan fingerprint density at radius 3 is 2.45 bits per heavy atom. The number of rotatable bonds is 6. The summed E-state index contributed by atoms with van der Waals surface area (Å²) in [5.41, 5.74) is 0.188. The number of carbonyl (C=O) groups is 2. The van der Waals surface area contributed by atoms with E-state index in [-0.39, 0.29) is 22.9 Å². The predicted molar refractivity (Wildman–Crippen MR) is 115 cm³/mol. The summed E-state index contributed by atoms with van der Waals surface area (Å²) in [5.74, 6) is -0.400. The van der Waals surface area contributed by atoms with Crippen LogP contribution in [0.4, 0.5) is 0 Å². The Bertz CT molecular complexity index is 976. The van der Waals surface area contributed by atoms with Crippen LogP contribution in [0.1, 0.15) is 51.9 Å². The molecule has 158 valence electrons. The van der Waals surface area contributed by atoms with Gasteiger partial charge in [0.2, 0.25) is 5.91 Å². The average Bonchev–Trinajstić information content (AvgIpc) is 2.62. The lowest BCUT2D eigenvalue weighted by Gasteiger charge is -2.23. The van der Waals surface area contributed by atoms with Crippen molar-refractivity contribution in [2.45, 2.75) is 64.0 Å². The smallest absolute Gasteiger partial charge is 0.337 e. The molecule has 1 aromatic carbocycles. The minimum Gasteiger partial charge on any atom is -0.465 e. The van der Waals surface area contributed by atoms with Crippen LogP contribution >= 0.6 is 11.8 Å². The molecule has 0 aliphatic rings. The Hall–Kier alpha value is -2.35. The largest absolute Gasteiger partial charge is 0.465 e. The molecule has 0 saturated carbocycles. The average molecular weight is 420 g/mol. The quantitative estimate of drug-likeness (QED) is 0.439. The number of thioether (sulfide) groups is 1. The first-order valence-corrected chi connectivity index (χ1v) is 10.4. The van der Waals surface area contributed by atoms with Gasteiger partial charge in [-0.05, 0) is 51.8 Å². The molecule has 1 amide bonds. The molecule has 0 saturated heterocycles. The third kappa shape index (κ3) is 5.82. The Labute approximate surface area is 175 Å². The fourth-order valence-corrected chi connectivity index (χ4v) is 3.66. The topological polar surface area (TPSA) is 90.3 Å². The molecule has 0 unspecified atom stereocenters. The first-order valence-electron chi connectivity index (χ1n) is 9.54. The van der Waals surface area contributed by atoms with E-state index in [9.17, 15) is 14.4 Å². The lowest BCUT2D eigenvalue weighted by atomic mass is 10.1. The second-order valence-corrected chi connectivity index (χ2v) is 9.73. The van der Waals surface area contributed by atoms with E-state index in [0.717, 1.165) is 0 Å². The number of fused-ring (bicyclic) bond motifs is 1. The molecule has 0 spiro atoms. The second-order valence-electron chi connectivity index (χ2n) is 8.43. The number of hydrogen-bond acceptors (Lipinski definition) is 6. The molecule has 0 aliphatic heterocycles. The van der Waals surface area contributed by atoms with Crippen molar-refractivity contribution in [2.75, 3.05) is 7.11 Å². The van der Waals surface area contributed by atoms with Crippen LogP contribution in [0.3, 0.4) is 0 Å². The number of hydrogen-bond donors (Lipinski definition) is 1. The molecule has 2 rings (SSSR count). The third-order valence-corrected chi connectivity index (χ3v) is 5.13. The maximum atomic E-state index is 13.1. The molecule has 2 aromatic rings. The van der Waals surface area contributed by atoms with Gasteiger partial charge in [0.15, 0.2) is 5.16 Å². The van der Waals surface area contributed by atoms with E-state index in [1.54, 1.807) is 29.7 Å². The van der Waals surface area contributed by atoms with Crippen LogP contribution in [0, 0.1) is 5.92 Å². The van der Waals surface area contributed by atoms with Crippen LogP contribution in [-0.4, -0.2) is 39.3 Å². The molecule has 1 atom stereocenters. The van der Waals surface area contributed by atoms with Crippen molar-refractivity contribution in [3.8, 4) is 0 Å². The van der Waals surface area contributed by atoms with Crippen LogP contribution in [0.5, 0.6) is 0 Å². The van der Waals surface area contributed by atoms with Gasteiger partial charge in [-0.25, -0.2) is 9.78 Å². The minimum absolute atomic E-state index is 0.128. The standard InChI is InChI=1S/C21H29N3O4S/c1-12(2)11-24-18(26)15-9-8-14(19(27)28-7)10-16(15)22-20(24)29-13(3)17(25)23-21(4,5)6/h8-10,12-13H,11H2,1-7H3,(H,23,25)/t13-/m1/s1. The lowest BCUT2D eigenvalue weighted by molar-refractivity contribution is -0.121. The van der Waals surface area contributed by atoms with E-state index in [2.05, 4.69) is 10.3 Å². The molecule has 29 heavy (non-hydrogen) atoms. The molecule has 0 bridgehead atoms.